The SMILES string of the molecule is CCOC(=O)[C@@H]1CCCN(c2ccc(C#N)c(OC(C)(C)C(=O)N3CCN(C(=O)OC(C)(C)C)CC3)c2)C1. The molecule has 2 saturated heterocycles. The van der Waals surface area contributed by atoms with E-state index in [1.807, 2.05) is 26.8 Å². The summed E-state index contributed by atoms with van der Waals surface area (Å²) in [4.78, 5) is 43.4. The lowest BCUT2D eigenvalue weighted by molar-refractivity contribution is -0.148. The van der Waals surface area contributed by atoms with E-state index in [1.54, 1.807) is 42.7 Å². The van der Waals surface area contributed by atoms with Crippen molar-refractivity contribution in [2.45, 2.75) is 65.6 Å². The van der Waals surface area contributed by atoms with Gasteiger partial charge in [-0.05, 0) is 66.5 Å². The van der Waals surface area contributed by atoms with Gasteiger partial charge in [-0.1, -0.05) is 0 Å². The van der Waals surface area contributed by atoms with Crippen molar-refractivity contribution < 1.29 is 28.6 Å². The van der Waals surface area contributed by atoms with Gasteiger partial charge in [0.25, 0.3) is 5.91 Å². The monoisotopic (exact) mass is 528 g/mol. The number of amides is 2. The van der Waals surface area contributed by atoms with Gasteiger partial charge < -0.3 is 28.9 Å². The van der Waals surface area contributed by atoms with Crippen LogP contribution in [0.25, 0.3) is 0 Å². The van der Waals surface area contributed by atoms with E-state index in [4.69, 9.17) is 14.2 Å². The van der Waals surface area contributed by atoms with Crippen molar-refractivity contribution >= 4 is 23.7 Å². The zero-order chi connectivity index (χ0) is 28.1. The van der Waals surface area contributed by atoms with E-state index in [9.17, 15) is 19.6 Å². The summed E-state index contributed by atoms with van der Waals surface area (Å²) < 4.78 is 16.8. The van der Waals surface area contributed by atoms with Gasteiger partial charge >= 0.3 is 12.1 Å². The van der Waals surface area contributed by atoms with Crippen molar-refractivity contribution in [2.24, 2.45) is 5.92 Å². The molecule has 1 atom stereocenters. The summed E-state index contributed by atoms with van der Waals surface area (Å²) in [7, 11) is 0. The van der Waals surface area contributed by atoms with E-state index >= 15 is 0 Å². The second kappa shape index (κ2) is 11.9. The second-order valence-electron chi connectivity index (χ2n) is 11.2. The standard InChI is InChI=1S/C28H40N4O6/c1-7-36-24(33)21-9-8-12-32(19-21)22-11-10-20(18-29)23(17-22)37-28(5,6)25(34)30-13-15-31(16-14-30)26(35)38-27(2,3)4/h10-11,17,21H,7-9,12-16,19H2,1-6H3/t21-/m1/s1. The number of esters is 1. The molecule has 2 aliphatic heterocycles. The Bertz CT molecular complexity index is 1070. The van der Waals surface area contributed by atoms with Crippen LogP contribution in [0.15, 0.2) is 18.2 Å². The number of nitriles is 1. The summed E-state index contributed by atoms with van der Waals surface area (Å²) in [5.74, 6) is -0.313. The summed E-state index contributed by atoms with van der Waals surface area (Å²) in [5.41, 5.74) is -0.681. The fourth-order valence-corrected chi connectivity index (χ4v) is 4.67. The van der Waals surface area contributed by atoms with Gasteiger partial charge in [0.15, 0.2) is 5.60 Å². The molecule has 10 heteroatoms. The van der Waals surface area contributed by atoms with Crippen LogP contribution in [-0.4, -0.2) is 84.8 Å². The molecule has 0 saturated carbocycles. The topological polar surface area (TPSA) is 112 Å². The third kappa shape index (κ3) is 7.30. The summed E-state index contributed by atoms with van der Waals surface area (Å²) >= 11 is 0. The third-order valence-electron chi connectivity index (χ3n) is 6.59. The Labute approximate surface area is 225 Å². The average molecular weight is 529 g/mol. The molecule has 2 amide bonds. The number of nitrogens with zero attached hydrogens (tertiary/aromatic N) is 4. The van der Waals surface area contributed by atoms with Gasteiger partial charge in [0.2, 0.25) is 0 Å². The van der Waals surface area contributed by atoms with Crippen LogP contribution in [0.3, 0.4) is 0 Å². The first-order valence-electron chi connectivity index (χ1n) is 13.3. The largest absolute Gasteiger partial charge is 0.477 e. The molecule has 2 heterocycles. The Morgan fingerprint density at radius 1 is 1.03 bits per heavy atom. The molecule has 0 bridgehead atoms. The molecular weight excluding hydrogens is 488 g/mol. The molecule has 0 aromatic heterocycles. The van der Waals surface area contributed by atoms with Gasteiger partial charge in [-0.15, -0.1) is 0 Å². The van der Waals surface area contributed by atoms with Crippen LogP contribution in [0, 0.1) is 17.2 Å². The molecule has 0 spiro atoms. The van der Waals surface area contributed by atoms with Crippen molar-refractivity contribution in [3.05, 3.63) is 23.8 Å². The molecule has 0 unspecified atom stereocenters. The number of anilines is 1. The molecule has 2 fully saturated rings. The van der Waals surface area contributed by atoms with Crippen LogP contribution in [0.5, 0.6) is 5.75 Å². The Balaban J connectivity index is 1.68. The van der Waals surface area contributed by atoms with Gasteiger partial charge in [0, 0.05) is 51.0 Å². The van der Waals surface area contributed by atoms with Crippen molar-refractivity contribution in [1.29, 1.82) is 5.26 Å². The van der Waals surface area contributed by atoms with Crippen LogP contribution in [0.1, 0.15) is 59.9 Å². The number of rotatable bonds is 6. The molecular formula is C28H40N4O6. The summed E-state index contributed by atoms with van der Waals surface area (Å²) in [6.45, 7) is 13.7. The summed E-state index contributed by atoms with van der Waals surface area (Å²) in [6, 6.07) is 7.43. The number of ether oxygens (including phenoxy) is 3. The van der Waals surface area contributed by atoms with Gasteiger partial charge in [-0.2, -0.15) is 5.26 Å². The molecule has 0 aliphatic carbocycles. The van der Waals surface area contributed by atoms with Crippen molar-refractivity contribution in [1.82, 2.24) is 9.80 Å². The highest BCUT2D eigenvalue weighted by Gasteiger charge is 2.38. The number of benzene rings is 1. The van der Waals surface area contributed by atoms with E-state index in [1.165, 1.54) is 0 Å². The smallest absolute Gasteiger partial charge is 0.410 e. The lowest BCUT2D eigenvalue weighted by Crippen LogP contribution is -2.57. The van der Waals surface area contributed by atoms with Crippen LogP contribution in [-0.2, 0) is 19.1 Å². The molecule has 0 radical (unpaired) electrons. The quantitative estimate of drug-likeness (QED) is 0.515. The van der Waals surface area contributed by atoms with E-state index in [0.717, 1.165) is 25.1 Å². The van der Waals surface area contributed by atoms with E-state index in [0.29, 0.717) is 50.6 Å². The molecule has 3 rings (SSSR count). The summed E-state index contributed by atoms with van der Waals surface area (Å²) in [6.07, 6.45) is 1.23. The lowest BCUT2D eigenvalue weighted by Gasteiger charge is -2.39. The maximum Gasteiger partial charge on any atom is 0.410 e. The zero-order valence-corrected chi connectivity index (χ0v) is 23.4. The number of piperidine rings is 1. The van der Waals surface area contributed by atoms with Gasteiger partial charge in [-0.3, -0.25) is 9.59 Å². The average Bonchev–Trinajstić information content (AvgIpc) is 2.87. The van der Waals surface area contributed by atoms with Crippen LogP contribution in [0.4, 0.5) is 10.5 Å². The third-order valence-corrected chi connectivity index (χ3v) is 6.59. The van der Waals surface area contributed by atoms with E-state index in [2.05, 4.69) is 11.0 Å². The number of hydrogen-bond acceptors (Lipinski definition) is 8. The highest BCUT2D eigenvalue weighted by Crippen LogP contribution is 2.32. The first-order chi connectivity index (χ1) is 17.8. The fraction of sp³-hybridized carbons (Fsp3) is 0.643. The molecule has 1 aromatic carbocycles. The normalized spacial score (nSPS) is 18.4. The predicted molar refractivity (Wildman–Crippen MR) is 142 cm³/mol. The van der Waals surface area contributed by atoms with Crippen LogP contribution >= 0.6 is 0 Å². The molecule has 1 aromatic rings. The first-order valence-corrected chi connectivity index (χ1v) is 13.3. The van der Waals surface area contributed by atoms with Crippen LogP contribution < -0.4 is 9.64 Å². The Hall–Kier alpha value is -3.48. The van der Waals surface area contributed by atoms with Gasteiger partial charge in [0.05, 0.1) is 18.1 Å². The number of carbonyl (C=O) groups is 3. The maximum absolute atomic E-state index is 13.4. The fourth-order valence-electron chi connectivity index (χ4n) is 4.67. The number of carbonyl (C=O) groups excluding carboxylic acids is 3. The number of piperazine rings is 1. The van der Waals surface area contributed by atoms with E-state index in [-0.39, 0.29) is 17.8 Å². The van der Waals surface area contributed by atoms with Crippen molar-refractivity contribution in [2.75, 3.05) is 50.8 Å². The van der Waals surface area contributed by atoms with Crippen molar-refractivity contribution in [3.8, 4) is 11.8 Å². The minimum absolute atomic E-state index is 0.194. The van der Waals surface area contributed by atoms with Gasteiger partial charge in [0.1, 0.15) is 17.4 Å². The highest BCUT2D eigenvalue weighted by atomic mass is 16.6. The minimum Gasteiger partial charge on any atom is -0.477 e. The predicted octanol–water partition coefficient (Wildman–Crippen LogP) is 3.57. The molecule has 208 valence electrons. The minimum atomic E-state index is -1.24. The Morgan fingerprint density at radius 3 is 2.29 bits per heavy atom. The Kier molecular flexibility index (Phi) is 9.13. The Morgan fingerprint density at radius 2 is 1.68 bits per heavy atom. The van der Waals surface area contributed by atoms with Crippen molar-refractivity contribution in [3.63, 3.8) is 0 Å². The second-order valence-corrected chi connectivity index (χ2v) is 11.2. The van der Waals surface area contributed by atoms with Gasteiger partial charge in [-0.25, -0.2) is 4.79 Å². The van der Waals surface area contributed by atoms with Crippen LogP contribution in [0.2, 0.25) is 0 Å². The maximum atomic E-state index is 13.4. The van der Waals surface area contributed by atoms with E-state index < -0.39 is 17.3 Å². The number of hydrogen-bond donors (Lipinski definition) is 0. The lowest BCUT2D eigenvalue weighted by atomic mass is 9.97. The zero-order valence-electron chi connectivity index (χ0n) is 23.4. The molecule has 0 N–H and O–H groups in total. The summed E-state index contributed by atoms with van der Waals surface area (Å²) in [5, 5.41) is 9.69. The first kappa shape index (κ1) is 29.1. The molecule has 38 heavy (non-hydrogen) atoms. The highest BCUT2D eigenvalue weighted by molar-refractivity contribution is 5.85. The molecule has 10 nitrogen and oxygen atoms in total. The molecule has 2 aliphatic rings.